The third kappa shape index (κ3) is 2.57. The van der Waals surface area contributed by atoms with E-state index in [2.05, 4.69) is 31.3 Å². The van der Waals surface area contributed by atoms with Crippen LogP contribution in [0.3, 0.4) is 0 Å². The van der Waals surface area contributed by atoms with Crippen LogP contribution in [0.1, 0.15) is 38.8 Å². The molecule has 0 saturated heterocycles. The van der Waals surface area contributed by atoms with E-state index in [0.29, 0.717) is 0 Å². The topological polar surface area (TPSA) is 32.3 Å². The second-order valence-electron chi connectivity index (χ2n) is 6.84. The van der Waals surface area contributed by atoms with Crippen LogP contribution in [0.2, 0.25) is 0 Å². The predicted octanol–water partition coefficient (Wildman–Crippen LogP) is 5.38. The van der Waals surface area contributed by atoms with E-state index in [1.807, 2.05) is 66.4 Å². The van der Waals surface area contributed by atoms with Crippen molar-refractivity contribution in [2.45, 2.75) is 26.9 Å². The minimum atomic E-state index is -0.222. The lowest BCUT2D eigenvalue weighted by Gasteiger charge is -2.29. The average molecular weight is 342 g/mol. The van der Waals surface area contributed by atoms with Gasteiger partial charge < -0.3 is 5.32 Å². The van der Waals surface area contributed by atoms with Gasteiger partial charge in [-0.2, -0.15) is 0 Å². The number of nitrogens with one attached hydrogen (secondary N) is 1. The summed E-state index contributed by atoms with van der Waals surface area (Å²) in [6, 6.07) is 22.1. The number of carbonyl (C=O) groups is 1. The van der Waals surface area contributed by atoms with Crippen molar-refractivity contribution in [3.8, 4) is 0 Å². The maximum absolute atomic E-state index is 13.2. The van der Waals surface area contributed by atoms with Gasteiger partial charge in [0.15, 0.2) is 0 Å². The smallest absolute Gasteiger partial charge is 0.260 e. The van der Waals surface area contributed by atoms with Gasteiger partial charge in [0, 0.05) is 22.5 Å². The molecule has 3 aromatic carbocycles. The Morgan fingerprint density at radius 1 is 0.808 bits per heavy atom. The van der Waals surface area contributed by atoms with Crippen molar-refractivity contribution < 1.29 is 4.79 Å². The summed E-state index contributed by atoms with van der Waals surface area (Å²) >= 11 is 0. The summed E-state index contributed by atoms with van der Waals surface area (Å²) in [6.07, 6.45) is -0.222. The van der Waals surface area contributed by atoms with Gasteiger partial charge in [0.25, 0.3) is 5.91 Å². The molecule has 3 nitrogen and oxygen atoms in total. The number of rotatable bonds is 3. The van der Waals surface area contributed by atoms with Crippen molar-refractivity contribution in [1.29, 1.82) is 0 Å². The summed E-state index contributed by atoms with van der Waals surface area (Å²) in [5.41, 5.74) is 7.29. The molecule has 1 heterocycles. The minimum absolute atomic E-state index is 0.0395. The lowest BCUT2D eigenvalue weighted by atomic mass is 10.1. The number of nitrogens with zero attached hydrogens (tertiary/aromatic N) is 1. The zero-order chi connectivity index (χ0) is 18.3. The van der Waals surface area contributed by atoms with Crippen LogP contribution in [0, 0.1) is 20.8 Å². The van der Waals surface area contributed by atoms with E-state index in [0.717, 1.165) is 28.1 Å². The molecule has 0 aromatic heterocycles. The maximum atomic E-state index is 13.2. The molecule has 0 spiro atoms. The van der Waals surface area contributed by atoms with Gasteiger partial charge in [-0.15, -0.1) is 0 Å². The molecule has 0 radical (unpaired) electrons. The van der Waals surface area contributed by atoms with Crippen molar-refractivity contribution in [1.82, 2.24) is 0 Å². The molecule has 0 saturated carbocycles. The van der Waals surface area contributed by atoms with Crippen LogP contribution < -0.4 is 10.2 Å². The maximum Gasteiger partial charge on any atom is 0.260 e. The SMILES string of the molecule is Cc1ccccc1N1C(=O)c2ccccc2[C@H]1Nc1cccc(C)c1C. The van der Waals surface area contributed by atoms with E-state index in [-0.39, 0.29) is 12.1 Å². The Labute approximate surface area is 154 Å². The number of hydrogen-bond donors (Lipinski definition) is 1. The van der Waals surface area contributed by atoms with E-state index in [1.165, 1.54) is 11.1 Å². The zero-order valence-corrected chi connectivity index (χ0v) is 15.3. The number of anilines is 2. The average Bonchev–Trinajstić information content (AvgIpc) is 2.92. The molecule has 1 aliphatic rings. The Hall–Kier alpha value is -3.07. The van der Waals surface area contributed by atoms with Crippen LogP contribution in [0.25, 0.3) is 0 Å². The number of hydrogen-bond acceptors (Lipinski definition) is 2. The first-order valence-corrected chi connectivity index (χ1v) is 8.89. The van der Waals surface area contributed by atoms with Crippen molar-refractivity contribution in [2.24, 2.45) is 0 Å². The molecule has 1 N–H and O–H groups in total. The Morgan fingerprint density at radius 2 is 1.50 bits per heavy atom. The van der Waals surface area contributed by atoms with E-state index in [1.54, 1.807) is 0 Å². The number of fused-ring (bicyclic) bond motifs is 1. The first kappa shape index (κ1) is 16.4. The Kier molecular flexibility index (Phi) is 4.00. The fourth-order valence-electron chi connectivity index (χ4n) is 3.60. The molecule has 3 aromatic rings. The standard InChI is InChI=1S/C23H22N2O/c1-15-10-8-13-20(17(15)3)24-22-18-11-5-6-12-19(18)23(26)25(22)21-14-7-4-9-16(21)2/h4-14,22,24H,1-3H3/t22-/m0/s1. The molecule has 1 aliphatic heterocycles. The first-order chi connectivity index (χ1) is 12.6. The molecule has 3 heteroatoms. The highest BCUT2D eigenvalue weighted by atomic mass is 16.2. The van der Waals surface area contributed by atoms with Crippen LogP contribution in [0.5, 0.6) is 0 Å². The molecule has 4 rings (SSSR count). The molecule has 0 fully saturated rings. The summed E-state index contributed by atoms with van der Waals surface area (Å²) in [6.45, 7) is 6.26. The highest BCUT2D eigenvalue weighted by Gasteiger charge is 2.38. The lowest BCUT2D eigenvalue weighted by molar-refractivity contribution is 0.0993. The fraction of sp³-hybridized carbons (Fsp3) is 0.174. The lowest BCUT2D eigenvalue weighted by Crippen LogP contribution is -2.33. The van der Waals surface area contributed by atoms with Gasteiger partial charge in [0.1, 0.15) is 6.17 Å². The minimum Gasteiger partial charge on any atom is -0.361 e. The van der Waals surface area contributed by atoms with Gasteiger partial charge in [0.05, 0.1) is 0 Å². The molecular weight excluding hydrogens is 320 g/mol. The Morgan fingerprint density at radius 3 is 2.31 bits per heavy atom. The van der Waals surface area contributed by atoms with Crippen molar-refractivity contribution in [3.05, 3.63) is 94.5 Å². The summed E-state index contributed by atoms with van der Waals surface area (Å²) in [7, 11) is 0. The van der Waals surface area contributed by atoms with Crippen LogP contribution in [0.15, 0.2) is 66.7 Å². The highest BCUT2D eigenvalue weighted by Crippen LogP contribution is 2.39. The number of para-hydroxylation sites is 1. The molecule has 130 valence electrons. The molecule has 26 heavy (non-hydrogen) atoms. The second-order valence-corrected chi connectivity index (χ2v) is 6.84. The third-order valence-electron chi connectivity index (χ3n) is 5.23. The van der Waals surface area contributed by atoms with E-state index in [9.17, 15) is 4.79 Å². The van der Waals surface area contributed by atoms with Gasteiger partial charge in [-0.25, -0.2) is 0 Å². The fourth-order valence-corrected chi connectivity index (χ4v) is 3.60. The Bertz CT molecular complexity index is 993. The number of benzene rings is 3. The van der Waals surface area contributed by atoms with Crippen LogP contribution in [-0.2, 0) is 0 Å². The van der Waals surface area contributed by atoms with Crippen LogP contribution in [-0.4, -0.2) is 5.91 Å². The number of aryl methyl sites for hydroxylation is 2. The third-order valence-corrected chi connectivity index (χ3v) is 5.23. The molecule has 1 atom stereocenters. The molecule has 0 bridgehead atoms. The molecule has 0 unspecified atom stereocenters. The Balaban J connectivity index is 1.84. The van der Waals surface area contributed by atoms with Gasteiger partial charge in [-0.1, -0.05) is 48.5 Å². The van der Waals surface area contributed by atoms with Gasteiger partial charge in [-0.05, 0) is 55.7 Å². The van der Waals surface area contributed by atoms with Gasteiger partial charge in [0.2, 0.25) is 0 Å². The summed E-state index contributed by atoms with van der Waals surface area (Å²) in [4.78, 5) is 15.1. The van der Waals surface area contributed by atoms with Crippen LogP contribution in [0.4, 0.5) is 11.4 Å². The molecular formula is C23H22N2O. The predicted molar refractivity (Wildman–Crippen MR) is 107 cm³/mol. The molecule has 1 amide bonds. The van der Waals surface area contributed by atoms with E-state index < -0.39 is 0 Å². The first-order valence-electron chi connectivity index (χ1n) is 8.89. The van der Waals surface area contributed by atoms with Gasteiger partial charge >= 0.3 is 0 Å². The quantitative estimate of drug-likeness (QED) is 0.693. The van der Waals surface area contributed by atoms with Crippen molar-refractivity contribution in [2.75, 3.05) is 10.2 Å². The second kappa shape index (κ2) is 6.34. The van der Waals surface area contributed by atoms with Crippen molar-refractivity contribution in [3.63, 3.8) is 0 Å². The van der Waals surface area contributed by atoms with Gasteiger partial charge in [-0.3, -0.25) is 9.69 Å². The monoisotopic (exact) mass is 342 g/mol. The molecule has 0 aliphatic carbocycles. The summed E-state index contributed by atoms with van der Waals surface area (Å²) in [5.74, 6) is 0.0395. The van der Waals surface area contributed by atoms with Crippen molar-refractivity contribution >= 4 is 17.3 Å². The summed E-state index contributed by atoms with van der Waals surface area (Å²) < 4.78 is 0. The summed E-state index contributed by atoms with van der Waals surface area (Å²) in [5, 5.41) is 3.62. The van der Waals surface area contributed by atoms with E-state index in [4.69, 9.17) is 0 Å². The van der Waals surface area contributed by atoms with Crippen LogP contribution >= 0.6 is 0 Å². The zero-order valence-electron chi connectivity index (χ0n) is 15.3. The van der Waals surface area contributed by atoms with E-state index >= 15 is 0 Å². The normalized spacial score (nSPS) is 15.9. The highest BCUT2D eigenvalue weighted by molar-refractivity contribution is 6.11. The number of carbonyl (C=O) groups excluding carboxylic acids is 1. The largest absolute Gasteiger partial charge is 0.361 e. The number of amides is 1.